The zero-order valence-electron chi connectivity index (χ0n) is 14.7. The van der Waals surface area contributed by atoms with Crippen molar-refractivity contribution in [3.8, 4) is 5.75 Å². The van der Waals surface area contributed by atoms with Crippen molar-refractivity contribution in [2.75, 3.05) is 33.9 Å². The van der Waals surface area contributed by atoms with Gasteiger partial charge in [-0.15, -0.1) is 0 Å². The van der Waals surface area contributed by atoms with Crippen LogP contribution in [0.1, 0.15) is 25.3 Å². The van der Waals surface area contributed by atoms with Crippen LogP contribution in [0.3, 0.4) is 0 Å². The summed E-state index contributed by atoms with van der Waals surface area (Å²) in [5, 5.41) is 0. The fourth-order valence-electron chi connectivity index (χ4n) is 2.85. The Kier molecular flexibility index (Phi) is 6.61. The maximum atomic E-state index is 12.7. The van der Waals surface area contributed by atoms with E-state index >= 15 is 0 Å². The van der Waals surface area contributed by atoms with Crippen LogP contribution in [-0.4, -0.2) is 61.6 Å². The number of hydrogen-bond donors (Lipinski definition) is 0. The average Bonchev–Trinajstić information content (AvgIpc) is 2.90. The first-order chi connectivity index (χ1) is 11.5. The minimum atomic E-state index is -0.0584. The second-order valence-corrected chi connectivity index (χ2v) is 6.07. The van der Waals surface area contributed by atoms with Gasteiger partial charge in [-0.2, -0.15) is 0 Å². The number of ether oxygens (including phenoxy) is 2. The van der Waals surface area contributed by atoms with Crippen LogP contribution in [-0.2, 0) is 20.9 Å². The summed E-state index contributed by atoms with van der Waals surface area (Å²) in [6.45, 7) is 3.53. The molecule has 1 atom stereocenters. The lowest BCUT2D eigenvalue weighted by molar-refractivity contribution is -0.140. The molecule has 6 nitrogen and oxygen atoms in total. The summed E-state index contributed by atoms with van der Waals surface area (Å²) < 4.78 is 10.4. The Morgan fingerprint density at radius 2 is 2.17 bits per heavy atom. The first-order valence-corrected chi connectivity index (χ1v) is 8.24. The van der Waals surface area contributed by atoms with E-state index < -0.39 is 0 Å². The molecule has 1 aromatic carbocycles. The number of methoxy groups -OCH3 is 2. The number of benzene rings is 1. The Hall–Kier alpha value is -2.08. The molecule has 24 heavy (non-hydrogen) atoms. The monoisotopic (exact) mass is 334 g/mol. The molecule has 1 fully saturated rings. The van der Waals surface area contributed by atoms with Crippen molar-refractivity contribution in [2.45, 2.75) is 32.4 Å². The highest BCUT2D eigenvalue weighted by atomic mass is 16.5. The first-order valence-electron chi connectivity index (χ1n) is 8.24. The van der Waals surface area contributed by atoms with Gasteiger partial charge in [0.1, 0.15) is 12.3 Å². The molecule has 0 radical (unpaired) electrons. The molecule has 1 aliphatic rings. The fourth-order valence-corrected chi connectivity index (χ4v) is 2.85. The molecule has 1 aliphatic heterocycles. The summed E-state index contributed by atoms with van der Waals surface area (Å²) in [6, 6.07) is 7.77. The van der Waals surface area contributed by atoms with Gasteiger partial charge in [0.2, 0.25) is 11.8 Å². The van der Waals surface area contributed by atoms with Gasteiger partial charge in [-0.3, -0.25) is 9.59 Å². The summed E-state index contributed by atoms with van der Waals surface area (Å²) in [5.41, 5.74) is 0.986. The van der Waals surface area contributed by atoms with E-state index in [1.165, 1.54) is 0 Å². The summed E-state index contributed by atoms with van der Waals surface area (Å²) in [4.78, 5) is 28.0. The van der Waals surface area contributed by atoms with E-state index in [1.54, 1.807) is 24.0 Å². The van der Waals surface area contributed by atoms with Gasteiger partial charge in [0.15, 0.2) is 0 Å². The molecule has 0 aliphatic carbocycles. The number of carbonyl (C=O) groups excluding carboxylic acids is 2. The van der Waals surface area contributed by atoms with Crippen molar-refractivity contribution in [1.29, 1.82) is 0 Å². The molecule has 0 saturated carbocycles. The molecule has 0 spiro atoms. The lowest BCUT2D eigenvalue weighted by Gasteiger charge is -2.27. The summed E-state index contributed by atoms with van der Waals surface area (Å²) in [6.07, 6.45) is 1.35. The number of amides is 2. The van der Waals surface area contributed by atoms with Crippen molar-refractivity contribution in [1.82, 2.24) is 9.80 Å². The molecule has 6 heteroatoms. The first kappa shape index (κ1) is 18.3. The molecular weight excluding hydrogens is 308 g/mol. The Morgan fingerprint density at radius 3 is 2.79 bits per heavy atom. The van der Waals surface area contributed by atoms with Gasteiger partial charge in [0, 0.05) is 32.7 Å². The number of hydrogen-bond acceptors (Lipinski definition) is 4. The van der Waals surface area contributed by atoms with E-state index in [-0.39, 0.29) is 24.4 Å². The highest BCUT2D eigenvalue weighted by Crippen LogP contribution is 2.19. The van der Waals surface area contributed by atoms with E-state index in [9.17, 15) is 9.59 Å². The van der Waals surface area contributed by atoms with Crippen LogP contribution in [0.15, 0.2) is 24.3 Å². The number of rotatable bonds is 8. The van der Waals surface area contributed by atoms with Crippen LogP contribution < -0.4 is 4.74 Å². The summed E-state index contributed by atoms with van der Waals surface area (Å²) in [5.74, 6) is 0.760. The molecule has 0 aromatic heterocycles. The molecule has 2 amide bonds. The van der Waals surface area contributed by atoms with Gasteiger partial charge in [-0.1, -0.05) is 12.1 Å². The van der Waals surface area contributed by atoms with Gasteiger partial charge >= 0.3 is 0 Å². The van der Waals surface area contributed by atoms with E-state index in [4.69, 9.17) is 9.47 Å². The molecule has 0 N–H and O–H groups in total. The zero-order valence-corrected chi connectivity index (χ0v) is 14.7. The maximum Gasteiger partial charge on any atom is 0.242 e. The highest BCUT2D eigenvalue weighted by molar-refractivity contribution is 5.86. The van der Waals surface area contributed by atoms with Crippen LogP contribution in [0, 0.1) is 0 Å². The lowest BCUT2D eigenvalue weighted by Crippen LogP contribution is -2.43. The third-order valence-electron chi connectivity index (χ3n) is 4.36. The van der Waals surface area contributed by atoms with Crippen molar-refractivity contribution < 1.29 is 19.1 Å². The smallest absolute Gasteiger partial charge is 0.242 e. The van der Waals surface area contributed by atoms with E-state index in [0.717, 1.165) is 17.7 Å². The van der Waals surface area contributed by atoms with Gasteiger partial charge < -0.3 is 19.3 Å². The third-order valence-corrected chi connectivity index (χ3v) is 4.36. The van der Waals surface area contributed by atoms with Crippen LogP contribution >= 0.6 is 0 Å². The number of nitrogens with zero attached hydrogens (tertiary/aromatic N) is 2. The van der Waals surface area contributed by atoms with E-state index in [0.29, 0.717) is 26.1 Å². The minimum Gasteiger partial charge on any atom is -0.497 e. The molecular formula is C18H26N2O4. The molecule has 1 saturated heterocycles. The SMILES string of the molecule is COCCN(Cc1cccc(OC)c1)C(=O)CN1C(=O)CC[C@H]1C. The van der Waals surface area contributed by atoms with Crippen molar-refractivity contribution in [3.63, 3.8) is 0 Å². The molecule has 1 heterocycles. The average molecular weight is 334 g/mol. The van der Waals surface area contributed by atoms with Gasteiger partial charge in [0.25, 0.3) is 0 Å². The third kappa shape index (κ3) is 4.71. The van der Waals surface area contributed by atoms with Crippen LogP contribution in [0.25, 0.3) is 0 Å². The Balaban J connectivity index is 2.05. The molecule has 2 rings (SSSR count). The second-order valence-electron chi connectivity index (χ2n) is 6.07. The molecule has 1 aromatic rings. The fraction of sp³-hybridized carbons (Fsp3) is 0.556. The largest absolute Gasteiger partial charge is 0.497 e. The molecule has 132 valence electrons. The van der Waals surface area contributed by atoms with Crippen LogP contribution in [0.2, 0.25) is 0 Å². The van der Waals surface area contributed by atoms with Crippen LogP contribution in [0.5, 0.6) is 5.75 Å². The van der Waals surface area contributed by atoms with E-state index in [2.05, 4.69) is 0 Å². The number of carbonyl (C=O) groups is 2. The van der Waals surface area contributed by atoms with Gasteiger partial charge in [-0.25, -0.2) is 0 Å². The Bertz CT molecular complexity index is 576. The van der Waals surface area contributed by atoms with Gasteiger partial charge in [0.05, 0.1) is 13.7 Å². The predicted octanol–water partition coefficient (Wildman–Crippen LogP) is 1.68. The van der Waals surface area contributed by atoms with Crippen molar-refractivity contribution in [2.24, 2.45) is 0 Å². The second kappa shape index (κ2) is 8.68. The molecule has 0 unspecified atom stereocenters. The topological polar surface area (TPSA) is 59.1 Å². The van der Waals surface area contributed by atoms with Crippen molar-refractivity contribution >= 4 is 11.8 Å². The number of likely N-dealkylation sites (tertiary alicyclic amines) is 1. The normalized spacial score (nSPS) is 17.2. The van der Waals surface area contributed by atoms with Crippen molar-refractivity contribution in [3.05, 3.63) is 29.8 Å². The highest BCUT2D eigenvalue weighted by Gasteiger charge is 2.30. The summed E-state index contributed by atoms with van der Waals surface area (Å²) >= 11 is 0. The standard InChI is InChI=1S/C18H26N2O4/c1-14-7-8-17(21)20(14)13-18(22)19(9-10-23-2)12-15-5-4-6-16(11-15)24-3/h4-6,11,14H,7-10,12-13H2,1-3H3/t14-/m1/s1. The zero-order chi connectivity index (χ0) is 17.5. The quantitative estimate of drug-likeness (QED) is 0.726. The van der Waals surface area contributed by atoms with Gasteiger partial charge in [-0.05, 0) is 31.0 Å². The predicted molar refractivity (Wildman–Crippen MR) is 90.7 cm³/mol. The molecule has 0 bridgehead atoms. The van der Waals surface area contributed by atoms with Crippen LogP contribution in [0.4, 0.5) is 0 Å². The van der Waals surface area contributed by atoms with E-state index in [1.807, 2.05) is 31.2 Å². The minimum absolute atomic E-state index is 0.0584. The Morgan fingerprint density at radius 1 is 1.38 bits per heavy atom. The Labute approximate surface area is 143 Å². The lowest BCUT2D eigenvalue weighted by atomic mass is 10.2. The maximum absolute atomic E-state index is 12.7. The summed E-state index contributed by atoms with van der Waals surface area (Å²) in [7, 11) is 3.23.